The molecule has 2 aromatic carbocycles. The van der Waals surface area contributed by atoms with Crippen molar-refractivity contribution in [1.29, 1.82) is 0 Å². The number of rotatable bonds is 6. The summed E-state index contributed by atoms with van der Waals surface area (Å²) in [7, 11) is -1.27. The maximum absolute atomic E-state index is 13.2. The number of aromatic carboxylic acids is 1. The molecule has 2 N–H and O–H groups in total. The van der Waals surface area contributed by atoms with Crippen LogP contribution in [0.5, 0.6) is 0 Å². The number of urea groups is 1. The number of pyridine rings is 1. The number of carboxylic acids is 1. The smallest absolute Gasteiger partial charge is 0.335 e. The molecule has 0 saturated carbocycles. The van der Waals surface area contributed by atoms with Crippen molar-refractivity contribution < 1.29 is 23.1 Å². The van der Waals surface area contributed by atoms with Crippen LogP contribution in [0.15, 0.2) is 60.8 Å². The second kappa shape index (κ2) is 10.3. The van der Waals surface area contributed by atoms with Gasteiger partial charge in [-0.25, -0.2) is 23.0 Å². The molecule has 2 aromatic heterocycles. The van der Waals surface area contributed by atoms with Crippen LogP contribution in [-0.4, -0.2) is 72.0 Å². The van der Waals surface area contributed by atoms with Crippen LogP contribution >= 0.6 is 0 Å². The quantitative estimate of drug-likeness (QED) is 0.347. The van der Waals surface area contributed by atoms with E-state index in [0.29, 0.717) is 25.1 Å². The third kappa shape index (κ3) is 5.18. The number of amides is 2. The summed E-state index contributed by atoms with van der Waals surface area (Å²) in [5, 5.41) is 9.91. The van der Waals surface area contributed by atoms with Crippen LogP contribution in [0.1, 0.15) is 34.3 Å². The molecule has 6 rings (SSSR count). The lowest BCUT2D eigenvalue weighted by atomic mass is 10.0. The van der Waals surface area contributed by atoms with E-state index in [9.17, 15) is 23.1 Å². The van der Waals surface area contributed by atoms with E-state index in [0.717, 1.165) is 53.2 Å². The number of nitrogens with zero attached hydrogens (tertiary/aromatic N) is 4. The van der Waals surface area contributed by atoms with E-state index in [1.807, 2.05) is 0 Å². The summed E-state index contributed by atoms with van der Waals surface area (Å²) in [5.41, 5.74) is 6.29. The Kier molecular flexibility index (Phi) is 6.79. The Labute approximate surface area is 238 Å². The molecule has 4 heterocycles. The number of carbonyl (C=O) groups is 2. The summed E-state index contributed by atoms with van der Waals surface area (Å²) in [5.74, 6) is -1.01. The highest BCUT2D eigenvalue weighted by Crippen LogP contribution is 2.36. The van der Waals surface area contributed by atoms with Crippen molar-refractivity contribution in [2.75, 3.05) is 36.2 Å². The molecule has 0 atom stereocenters. The first-order chi connectivity index (χ1) is 19.6. The molecule has 0 unspecified atom stereocenters. The van der Waals surface area contributed by atoms with Crippen LogP contribution in [0, 0.1) is 0 Å². The largest absolute Gasteiger partial charge is 0.478 e. The highest BCUT2D eigenvalue weighted by atomic mass is 32.2. The van der Waals surface area contributed by atoms with Gasteiger partial charge in [-0.1, -0.05) is 24.3 Å². The van der Waals surface area contributed by atoms with Crippen molar-refractivity contribution in [3.63, 3.8) is 0 Å². The van der Waals surface area contributed by atoms with Crippen LogP contribution in [0.25, 0.3) is 22.3 Å². The van der Waals surface area contributed by atoms with Crippen molar-refractivity contribution in [1.82, 2.24) is 14.9 Å². The molecule has 0 bridgehead atoms. The number of piperidine rings is 1. The van der Waals surface area contributed by atoms with Crippen LogP contribution < -0.4 is 9.80 Å². The summed E-state index contributed by atoms with van der Waals surface area (Å²) in [4.78, 5) is 37.9. The molecule has 212 valence electrons. The van der Waals surface area contributed by atoms with Crippen molar-refractivity contribution in [3.8, 4) is 11.3 Å². The van der Waals surface area contributed by atoms with Gasteiger partial charge in [-0.3, -0.25) is 14.7 Å². The summed E-state index contributed by atoms with van der Waals surface area (Å²) < 4.78 is 23.7. The Hall–Kier alpha value is -4.22. The van der Waals surface area contributed by atoms with Gasteiger partial charge < -0.3 is 10.1 Å². The van der Waals surface area contributed by atoms with Crippen molar-refractivity contribution in [3.05, 3.63) is 77.5 Å². The summed E-state index contributed by atoms with van der Waals surface area (Å²) in [6.07, 6.45) is 4.39. The maximum Gasteiger partial charge on any atom is 0.335 e. The number of benzene rings is 2. The SMILES string of the molecule is CN1C(=O)N(c2ccc(C(=O)O)cc2)Cc2c1cnc1[nH]c(-c3ccc(CN4CCC(S(C)(=O)=O)CC4)cc3)cc21. The number of sulfone groups is 1. The molecule has 1 saturated heterocycles. The first-order valence-electron chi connectivity index (χ1n) is 13.5. The molecule has 41 heavy (non-hydrogen) atoms. The van der Waals surface area contributed by atoms with Crippen LogP contribution in [0.3, 0.4) is 0 Å². The minimum Gasteiger partial charge on any atom is -0.478 e. The molecule has 2 aliphatic heterocycles. The van der Waals surface area contributed by atoms with Gasteiger partial charge in [0.25, 0.3) is 0 Å². The molecule has 2 amide bonds. The first-order valence-corrected chi connectivity index (χ1v) is 15.4. The van der Waals surface area contributed by atoms with Crippen molar-refractivity contribution in [2.45, 2.75) is 31.2 Å². The average Bonchev–Trinajstić information content (AvgIpc) is 3.40. The van der Waals surface area contributed by atoms with Gasteiger partial charge >= 0.3 is 12.0 Å². The molecule has 2 aliphatic rings. The number of aromatic nitrogens is 2. The summed E-state index contributed by atoms with van der Waals surface area (Å²) in [6, 6.07) is 16.5. The van der Waals surface area contributed by atoms with Gasteiger partial charge in [0.1, 0.15) is 15.5 Å². The van der Waals surface area contributed by atoms with Gasteiger partial charge in [0.15, 0.2) is 0 Å². The van der Waals surface area contributed by atoms with Crippen LogP contribution in [0.2, 0.25) is 0 Å². The zero-order chi connectivity index (χ0) is 28.9. The van der Waals surface area contributed by atoms with Gasteiger partial charge in [0.2, 0.25) is 0 Å². The van der Waals surface area contributed by atoms with Gasteiger partial charge in [0.05, 0.1) is 29.2 Å². The molecule has 0 aliphatic carbocycles. The topological polar surface area (TPSA) is 127 Å². The monoisotopic (exact) mass is 573 g/mol. The fourth-order valence-electron chi connectivity index (χ4n) is 5.77. The van der Waals surface area contributed by atoms with Crippen LogP contribution in [0.4, 0.5) is 16.2 Å². The van der Waals surface area contributed by atoms with Gasteiger partial charge in [0, 0.05) is 42.2 Å². The lowest BCUT2D eigenvalue weighted by Crippen LogP contribution is -2.45. The van der Waals surface area contributed by atoms with Gasteiger partial charge in [-0.05, 0) is 67.4 Å². The highest BCUT2D eigenvalue weighted by Gasteiger charge is 2.31. The van der Waals surface area contributed by atoms with E-state index in [4.69, 9.17) is 0 Å². The molecule has 11 heteroatoms. The van der Waals surface area contributed by atoms with E-state index >= 15 is 0 Å². The zero-order valence-corrected chi connectivity index (χ0v) is 23.7. The van der Waals surface area contributed by atoms with Gasteiger partial charge in [-0.15, -0.1) is 0 Å². The second-order valence-electron chi connectivity index (χ2n) is 10.8. The number of H-pyrrole nitrogens is 1. The third-order valence-electron chi connectivity index (χ3n) is 8.18. The molecular formula is C30H31N5O5S. The molecule has 1 fully saturated rings. The first kappa shape index (κ1) is 27.0. The predicted molar refractivity (Wildman–Crippen MR) is 158 cm³/mol. The molecule has 4 aromatic rings. The summed E-state index contributed by atoms with van der Waals surface area (Å²) >= 11 is 0. The Bertz CT molecular complexity index is 1740. The number of fused-ring (bicyclic) bond motifs is 3. The lowest BCUT2D eigenvalue weighted by molar-refractivity contribution is 0.0697. The number of likely N-dealkylation sites (tertiary alicyclic amines) is 1. The molecule has 10 nitrogen and oxygen atoms in total. The number of hydrogen-bond acceptors (Lipinski definition) is 6. The lowest BCUT2D eigenvalue weighted by Gasteiger charge is -2.35. The fourth-order valence-corrected chi connectivity index (χ4v) is 6.83. The predicted octanol–water partition coefficient (Wildman–Crippen LogP) is 4.51. The molecular weight excluding hydrogens is 542 g/mol. The molecule has 0 spiro atoms. The summed E-state index contributed by atoms with van der Waals surface area (Å²) in [6.45, 7) is 2.66. The van der Waals surface area contributed by atoms with Gasteiger partial charge in [-0.2, -0.15) is 0 Å². The van der Waals surface area contributed by atoms with Crippen molar-refractivity contribution in [2.24, 2.45) is 0 Å². The second-order valence-corrected chi connectivity index (χ2v) is 13.2. The Balaban J connectivity index is 1.22. The number of carbonyl (C=O) groups excluding carboxylic acids is 1. The maximum atomic E-state index is 13.2. The van der Waals surface area contributed by atoms with E-state index in [1.54, 1.807) is 35.2 Å². The average molecular weight is 574 g/mol. The van der Waals surface area contributed by atoms with E-state index in [2.05, 4.69) is 45.2 Å². The minimum absolute atomic E-state index is 0.163. The Morgan fingerprint density at radius 1 is 1.07 bits per heavy atom. The molecule has 0 radical (unpaired) electrons. The van der Waals surface area contributed by atoms with E-state index < -0.39 is 15.8 Å². The number of anilines is 2. The normalized spacial score (nSPS) is 16.8. The third-order valence-corrected chi connectivity index (χ3v) is 9.86. The fraction of sp³-hybridized carbons (Fsp3) is 0.300. The van der Waals surface area contributed by atoms with Crippen molar-refractivity contribution >= 4 is 44.2 Å². The number of nitrogens with one attached hydrogen (secondary N) is 1. The Morgan fingerprint density at radius 2 is 1.76 bits per heavy atom. The highest BCUT2D eigenvalue weighted by molar-refractivity contribution is 7.91. The standard InChI is InChI=1S/C30H31N5O5S/c1-33-27-16-31-28-24(25(27)18-35(30(33)38)22-9-7-21(8-10-22)29(36)37)15-26(32-28)20-5-3-19(4-6-20)17-34-13-11-23(12-14-34)41(2,39)40/h3-10,15-16,23H,11-14,17-18H2,1-2H3,(H,31,32)(H,36,37). The zero-order valence-electron chi connectivity index (χ0n) is 22.9. The number of aromatic amines is 1. The van der Waals surface area contributed by atoms with E-state index in [-0.39, 0.29) is 16.8 Å². The van der Waals surface area contributed by atoms with Crippen LogP contribution in [-0.2, 0) is 22.9 Å². The number of hydrogen-bond donors (Lipinski definition) is 2. The van der Waals surface area contributed by atoms with E-state index in [1.165, 1.54) is 24.0 Å². The Morgan fingerprint density at radius 3 is 2.39 bits per heavy atom. The minimum atomic E-state index is -2.98. The number of carboxylic acid groups (broad SMARTS) is 1.